The number of aromatic amines is 1. The van der Waals surface area contributed by atoms with E-state index in [4.69, 9.17) is 9.97 Å². The Morgan fingerprint density at radius 3 is 1.40 bits per heavy atom. The molecule has 7 aromatic rings. The maximum Gasteiger partial charge on any atom is 0.0745 e. The Morgan fingerprint density at radius 1 is 0.422 bits per heavy atom. The summed E-state index contributed by atoms with van der Waals surface area (Å²) in [5, 5.41) is 6.41. The van der Waals surface area contributed by atoms with Gasteiger partial charge in [-0.2, -0.15) is 0 Å². The van der Waals surface area contributed by atoms with Gasteiger partial charge in [0.1, 0.15) is 0 Å². The molecule has 2 aliphatic heterocycles. The molecular formula is C38H23N3S4. The highest BCUT2D eigenvalue weighted by atomic mass is 32.1. The summed E-state index contributed by atoms with van der Waals surface area (Å²) in [7, 11) is 0. The van der Waals surface area contributed by atoms with Crippen LogP contribution in [0.25, 0.3) is 87.2 Å². The van der Waals surface area contributed by atoms with Crippen molar-refractivity contribution in [2.75, 3.05) is 0 Å². The van der Waals surface area contributed by atoms with E-state index < -0.39 is 0 Å². The third-order valence-electron chi connectivity index (χ3n) is 7.99. The number of rotatable bonds is 4. The van der Waals surface area contributed by atoms with Crippen LogP contribution in [0, 0.1) is 0 Å². The largest absolute Gasteiger partial charge is 0.354 e. The van der Waals surface area contributed by atoms with Crippen LogP contribution in [0.2, 0.25) is 0 Å². The summed E-state index contributed by atoms with van der Waals surface area (Å²) in [6.45, 7) is 0. The number of fused-ring (bicyclic) bond motifs is 8. The second-order valence-corrected chi connectivity index (χ2v) is 14.6. The third-order valence-corrected chi connectivity index (χ3v) is 11.8. The monoisotopic (exact) mass is 649 g/mol. The first kappa shape index (κ1) is 26.7. The quantitative estimate of drug-likeness (QED) is 0.206. The minimum Gasteiger partial charge on any atom is -0.354 e. The summed E-state index contributed by atoms with van der Waals surface area (Å²) in [6.07, 6.45) is 8.68. The molecule has 1 N–H and O–H groups in total. The van der Waals surface area contributed by atoms with Gasteiger partial charge in [-0.05, 0) is 88.5 Å². The number of thiophene rings is 4. The van der Waals surface area contributed by atoms with E-state index >= 15 is 0 Å². The summed E-state index contributed by atoms with van der Waals surface area (Å²) in [4.78, 5) is 18.1. The Hall–Kier alpha value is -4.66. The molecule has 0 aliphatic carbocycles. The van der Waals surface area contributed by atoms with Crippen LogP contribution in [0.4, 0.5) is 0 Å². The van der Waals surface area contributed by atoms with Gasteiger partial charge < -0.3 is 4.98 Å². The Kier molecular flexibility index (Phi) is 6.56. The number of H-pyrrole nitrogens is 1. The fourth-order valence-electron chi connectivity index (χ4n) is 6.03. The van der Waals surface area contributed by atoms with Crippen LogP contribution in [0.3, 0.4) is 0 Å². The molecule has 1 aromatic carbocycles. The zero-order valence-electron chi connectivity index (χ0n) is 23.7. The second-order valence-electron chi connectivity index (χ2n) is 10.7. The van der Waals surface area contributed by atoms with Crippen molar-refractivity contribution in [3.8, 4) is 42.4 Å². The minimum absolute atomic E-state index is 0.944. The first-order chi connectivity index (χ1) is 22.3. The molecule has 8 heterocycles. The summed E-state index contributed by atoms with van der Waals surface area (Å²) < 4.78 is 2.39. The summed E-state index contributed by atoms with van der Waals surface area (Å²) in [5.41, 5.74) is 11.5. The molecule has 8 bridgehead atoms. The molecule has 6 aromatic heterocycles. The van der Waals surface area contributed by atoms with E-state index in [1.54, 1.807) is 34.0 Å². The molecule has 0 radical (unpaired) electrons. The minimum atomic E-state index is 0.944. The summed E-state index contributed by atoms with van der Waals surface area (Å²) in [5.74, 6) is 0. The van der Waals surface area contributed by atoms with E-state index in [0.717, 1.165) is 56.1 Å². The highest BCUT2D eigenvalue weighted by Gasteiger charge is 2.19. The summed E-state index contributed by atoms with van der Waals surface area (Å²) >= 11 is 7.05. The van der Waals surface area contributed by atoms with Crippen LogP contribution < -0.4 is 0 Å². The van der Waals surface area contributed by atoms with E-state index in [1.807, 2.05) is 11.3 Å². The molecular weight excluding hydrogens is 627 g/mol. The Balaban J connectivity index is 1.49. The van der Waals surface area contributed by atoms with Crippen molar-refractivity contribution in [3.05, 3.63) is 130 Å². The van der Waals surface area contributed by atoms with Crippen molar-refractivity contribution in [1.29, 1.82) is 0 Å². The fraction of sp³-hybridized carbons (Fsp3) is 0. The van der Waals surface area contributed by atoms with E-state index in [1.165, 1.54) is 29.6 Å². The van der Waals surface area contributed by atoms with E-state index in [2.05, 4.69) is 136 Å². The maximum absolute atomic E-state index is 5.35. The van der Waals surface area contributed by atoms with Crippen molar-refractivity contribution < 1.29 is 0 Å². The van der Waals surface area contributed by atoms with Gasteiger partial charge in [-0.3, -0.25) is 0 Å². The lowest BCUT2D eigenvalue weighted by molar-refractivity contribution is 1.32. The lowest BCUT2D eigenvalue weighted by Gasteiger charge is -2.04. The van der Waals surface area contributed by atoms with Gasteiger partial charge in [0.15, 0.2) is 0 Å². The van der Waals surface area contributed by atoms with Crippen LogP contribution in [0.5, 0.6) is 0 Å². The Bertz CT molecular complexity index is 2370. The highest BCUT2D eigenvalue weighted by molar-refractivity contribution is 7.25. The van der Waals surface area contributed by atoms with Gasteiger partial charge in [-0.25, -0.2) is 9.97 Å². The van der Waals surface area contributed by atoms with Crippen LogP contribution >= 0.6 is 45.3 Å². The average molecular weight is 650 g/mol. The van der Waals surface area contributed by atoms with Crippen LogP contribution in [0.15, 0.2) is 107 Å². The van der Waals surface area contributed by atoms with Crippen molar-refractivity contribution >= 4 is 90.1 Å². The normalized spacial score (nSPS) is 12.3. The van der Waals surface area contributed by atoms with Crippen molar-refractivity contribution in [3.63, 3.8) is 0 Å². The van der Waals surface area contributed by atoms with Gasteiger partial charge in [0.05, 0.1) is 22.8 Å². The zero-order chi connectivity index (χ0) is 29.7. The first-order valence-electron chi connectivity index (χ1n) is 14.5. The van der Waals surface area contributed by atoms with Crippen LogP contribution in [-0.4, -0.2) is 15.0 Å². The molecule has 45 heavy (non-hydrogen) atoms. The van der Waals surface area contributed by atoms with Gasteiger partial charge in [-0.1, -0.05) is 48.5 Å². The average Bonchev–Trinajstić information content (AvgIpc) is 3.92. The lowest BCUT2D eigenvalue weighted by atomic mass is 10.0. The van der Waals surface area contributed by atoms with E-state index in [0.29, 0.717) is 0 Å². The molecule has 3 nitrogen and oxygen atoms in total. The molecule has 0 atom stereocenters. The molecule has 0 unspecified atom stereocenters. The SMILES string of the molecule is C1=Cc2nc1c(-c1ccccc1)c1ccc([nH]1)c(-c1cccs1)c1nc(c(-c3cccs3)c3ccc(s3)c2-c2cccs2)C=C1. The third kappa shape index (κ3) is 4.67. The predicted molar refractivity (Wildman–Crippen MR) is 198 cm³/mol. The van der Waals surface area contributed by atoms with Gasteiger partial charge in [0.2, 0.25) is 0 Å². The second kappa shape index (κ2) is 11.1. The topological polar surface area (TPSA) is 41.6 Å². The van der Waals surface area contributed by atoms with Crippen molar-refractivity contribution in [1.82, 2.24) is 15.0 Å². The van der Waals surface area contributed by atoms with Gasteiger partial charge in [0, 0.05) is 57.3 Å². The number of nitrogens with one attached hydrogen (secondary N) is 1. The number of aromatic nitrogens is 3. The van der Waals surface area contributed by atoms with Crippen LogP contribution in [-0.2, 0) is 0 Å². The van der Waals surface area contributed by atoms with E-state index in [9.17, 15) is 0 Å². The van der Waals surface area contributed by atoms with E-state index in [-0.39, 0.29) is 0 Å². The number of hydrogen-bond donors (Lipinski definition) is 1. The molecule has 9 rings (SSSR count). The number of nitrogens with zero attached hydrogens (tertiary/aromatic N) is 2. The molecule has 214 valence electrons. The number of benzene rings is 1. The van der Waals surface area contributed by atoms with Gasteiger partial charge in [-0.15, -0.1) is 45.3 Å². The predicted octanol–water partition coefficient (Wildman–Crippen LogP) is 12.2. The molecule has 0 saturated carbocycles. The van der Waals surface area contributed by atoms with Crippen molar-refractivity contribution in [2.45, 2.75) is 0 Å². The standard InChI is InChI=1S/C38H23N3S4/c1-2-7-23(8-3-1)35-24-12-14-26(39-24)36(30-9-4-20-42-30)27-15-17-29(41-27)38(32-11-6-22-44-32)34-19-18-33(45-34)37(31-10-5-21-43-31)28-16-13-25(35)40-28/h1-22,39H. The molecule has 0 spiro atoms. The number of hydrogen-bond acceptors (Lipinski definition) is 6. The molecule has 7 heteroatoms. The van der Waals surface area contributed by atoms with Crippen molar-refractivity contribution in [2.24, 2.45) is 0 Å². The molecule has 0 amide bonds. The highest BCUT2D eigenvalue weighted by Crippen LogP contribution is 2.43. The Labute approximate surface area is 275 Å². The fourth-order valence-corrected chi connectivity index (χ4v) is 9.68. The zero-order valence-corrected chi connectivity index (χ0v) is 27.0. The molecule has 0 saturated heterocycles. The van der Waals surface area contributed by atoms with Gasteiger partial charge in [0.25, 0.3) is 0 Å². The summed E-state index contributed by atoms with van der Waals surface area (Å²) in [6, 6.07) is 32.3. The van der Waals surface area contributed by atoms with Gasteiger partial charge >= 0.3 is 0 Å². The smallest absolute Gasteiger partial charge is 0.0745 e. The Morgan fingerprint density at radius 2 is 0.889 bits per heavy atom. The first-order valence-corrected chi connectivity index (χ1v) is 18.0. The maximum atomic E-state index is 5.35. The van der Waals surface area contributed by atoms with Crippen LogP contribution in [0.1, 0.15) is 22.8 Å². The molecule has 0 fully saturated rings. The lowest BCUT2D eigenvalue weighted by Crippen LogP contribution is -1.87. The molecule has 2 aliphatic rings.